The summed E-state index contributed by atoms with van der Waals surface area (Å²) in [6.45, 7) is 0. The molecule has 49 valence electrons. The minimum atomic E-state index is 0.767. The summed E-state index contributed by atoms with van der Waals surface area (Å²) in [4.78, 5) is 10.7. The smallest absolute Gasteiger partial charge is 0.175 e. The van der Waals surface area contributed by atoms with Crippen molar-refractivity contribution in [3.63, 3.8) is 0 Å². The number of H-pyrrole nitrogens is 1. The lowest BCUT2D eigenvalue weighted by atomic mass is 10.4. The van der Waals surface area contributed by atoms with Gasteiger partial charge in [-0.3, -0.25) is 0 Å². The van der Waals surface area contributed by atoms with Crippen molar-refractivity contribution in [1.29, 1.82) is 0 Å². The van der Waals surface area contributed by atoms with Gasteiger partial charge < -0.3 is 4.98 Å². The first-order chi connectivity index (χ1) is 4.86. The van der Waals surface area contributed by atoms with Crippen molar-refractivity contribution >= 4 is 27.1 Å². The maximum Gasteiger partial charge on any atom is 0.175 e. The average molecular weight is 197 g/mol. The Morgan fingerprint density at radius 1 is 1.60 bits per heavy atom. The van der Waals surface area contributed by atoms with Gasteiger partial charge >= 0.3 is 0 Å². The third kappa shape index (κ3) is 0.806. The lowest BCUT2D eigenvalue weighted by Gasteiger charge is -1.86. The number of rotatable bonds is 0. The van der Waals surface area contributed by atoms with Crippen LogP contribution in [-0.4, -0.2) is 15.0 Å². The van der Waals surface area contributed by atoms with Gasteiger partial charge in [-0.2, -0.15) is 0 Å². The molecule has 0 saturated carbocycles. The molecule has 4 heteroatoms. The van der Waals surface area contributed by atoms with Crippen molar-refractivity contribution in [3.05, 3.63) is 23.1 Å². The van der Waals surface area contributed by atoms with Crippen LogP contribution in [0.15, 0.2) is 16.7 Å². The van der Waals surface area contributed by atoms with Gasteiger partial charge in [0.1, 0.15) is 5.52 Å². The van der Waals surface area contributed by atoms with E-state index in [1.165, 1.54) is 0 Å². The van der Waals surface area contributed by atoms with E-state index in [-0.39, 0.29) is 0 Å². The maximum atomic E-state index is 4.04. The molecule has 0 aliphatic heterocycles. The minimum Gasteiger partial charge on any atom is -0.320 e. The zero-order valence-electron chi connectivity index (χ0n) is 4.93. The van der Waals surface area contributed by atoms with E-state index in [2.05, 4.69) is 37.2 Å². The Morgan fingerprint density at radius 3 is 3.40 bits per heavy atom. The standard InChI is InChI=1S/C6H3BrN3/c7-4-1-5-6(8-2-4)10-3-9-5/h1-2H,(H,8,9,10). The van der Waals surface area contributed by atoms with Crippen LogP contribution in [0.25, 0.3) is 11.2 Å². The molecule has 0 fully saturated rings. The highest BCUT2D eigenvalue weighted by molar-refractivity contribution is 9.10. The Hall–Kier alpha value is -0.900. The van der Waals surface area contributed by atoms with E-state index in [1.54, 1.807) is 6.20 Å². The molecule has 0 spiro atoms. The number of aromatic nitrogens is 3. The predicted molar refractivity (Wildman–Crippen MR) is 40.4 cm³/mol. The number of aromatic amines is 1. The normalized spacial score (nSPS) is 10.5. The summed E-state index contributed by atoms with van der Waals surface area (Å²) in [5.74, 6) is 0. The summed E-state index contributed by atoms with van der Waals surface area (Å²) in [5, 5.41) is 0. The Kier molecular flexibility index (Phi) is 1.20. The third-order valence-corrected chi connectivity index (χ3v) is 1.62. The van der Waals surface area contributed by atoms with Crippen molar-refractivity contribution < 1.29 is 0 Å². The SMILES string of the molecule is Brc1cnc2[nH][c]nc2c1. The van der Waals surface area contributed by atoms with Gasteiger partial charge in [-0.25, -0.2) is 9.97 Å². The van der Waals surface area contributed by atoms with E-state index in [4.69, 9.17) is 0 Å². The maximum absolute atomic E-state index is 4.04. The van der Waals surface area contributed by atoms with Crippen LogP contribution in [0, 0.1) is 6.33 Å². The van der Waals surface area contributed by atoms with Crippen LogP contribution in [0.5, 0.6) is 0 Å². The number of fused-ring (bicyclic) bond motifs is 1. The van der Waals surface area contributed by atoms with Crippen molar-refractivity contribution in [2.75, 3.05) is 0 Å². The highest BCUT2D eigenvalue weighted by atomic mass is 79.9. The Labute approximate surface area is 65.6 Å². The fourth-order valence-electron chi connectivity index (χ4n) is 0.751. The molecule has 2 aromatic heterocycles. The Bertz CT molecular complexity index is 355. The Balaban J connectivity index is 2.86. The number of nitrogens with one attached hydrogen (secondary N) is 1. The molecule has 0 bridgehead atoms. The molecule has 0 saturated heterocycles. The van der Waals surface area contributed by atoms with Crippen molar-refractivity contribution in [2.24, 2.45) is 0 Å². The summed E-state index contributed by atoms with van der Waals surface area (Å²) < 4.78 is 0.931. The molecular weight excluding hydrogens is 194 g/mol. The molecule has 0 amide bonds. The van der Waals surface area contributed by atoms with Crippen LogP contribution in [0.2, 0.25) is 0 Å². The molecule has 1 N–H and O–H groups in total. The number of hydrogen-bond acceptors (Lipinski definition) is 2. The number of halogens is 1. The summed E-state index contributed by atoms with van der Waals surface area (Å²) in [6.07, 6.45) is 4.32. The first kappa shape index (κ1) is 5.85. The van der Waals surface area contributed by atoms with E-state index in [0.29, 0.717) is 0 Å². The molecule has 2 rings (SSSR count). The summed E-state index contributed by atoms with van der Waals surface area (Å²) in [7, 11) is 0. The van der Waals surface area contributed by atoms with Crippen LogP contribution < -0.4 is 0 Å². The first-order valence-corrected chi connectivity index (χ1v) is 3.53. The van der Waals surface area contributed by atoms with Crippen molar-refractivity contribution in [3.8, 4) is 0 Å². The zero-order valence-corrected chi connectivity index (χ0v) is 6.51. The zero-order chi connectivity index (χ0) is 6.97. The van der Waals surface area contributed by atoms with Crippen LogP contribution in [-0.2, 0) is 0 Å². The molecule has 1 radical (unpaired) electrons. The van der Waals surface area contributed by atoms with E-state index in [0.717, 1.165) is 15.6 Å². The number of hydrogen-bond donors (Lipinski definition) is 1. The number of nitrogens with zero attached hydrogens (tertiary/aromatic N) is 2. The molecule has 0 unspecified atom stereocenters. The Morgan fingerprint density at radius 2 is 2.50 bits per heavy atom. The average Bonchev–Trinajstić information content (AvgIpc) is 2.33. The molecule has 0 aromatic carbocycles. The van der Waals surface area contributed by atoms with E-state index in [9.17, 15) is 0 Å². The van der Waals surface area contributed by atoms with E-state index < -0.39 is 0 Å². The molecule has 0 aliphatic carbocycles. The van der Waals surface area contributed by atoms with E-state index >= 15 is 0 Å². The molecular formula is C6H3BrN3. The second-order valence-electron chi connectivity index (χ2n) is 1.87. The lowest BCUT2D eigenvalue weighted by molar-refractivity contribution is 1.28. The topological polar surface area (TPSA) is 41.6 Å². The first-order valence-electron chi connectivity index (χ1n) is 2.73. The molecule has 3 nitrogen and oxygen atoms in total. The van der Waals surface area contributed by atoms with Crippen LogP contribution in [0.1, 0.15) is 0 Å². The summed E-state index contributed by atoms with van der Waals surface area (Å²) >= 11 is 3.29. The number of imidazole rings is 1. The fraction of sp³-hybridized carbons (Fsp3) is 0. The van der Waals surface area contributed by atoms with Gasteiger partial charge in [0.15, 0.2) is 12.0 Å². The number of pyridine rings is 1. The van der Waals surface area contributed by atoms with Gasteiger partial charge in [0.2, 0.25) is 0 Å². The monoisotopic (exact) mass is 196 g/mol. The minimum absolute atomic E-state index is 0.767. The molecule has 0 atom stereocenters. The predicted octanol–water partition coefficient (Wildman–Crippen LogP) is 1.52. The fourth-order valence-corrected chi connectivity index (χ4v) is 1.07. The van der Waals surface area contributed by atoms with Gasteiger partial charge in [-0.1, -0.05) is 0 Å². The quantitative estimate of drug-likeness (QED) is 0.695. The van der Waals surface area contributed by atoms with Crippen molar-refractivity contribution in [1.82, 2.24) is 15.0 Å². The van der Waals surface area contributed by atoms with Crippen LogP contribution >= 0.6 is 15.9 Å². The van der Waals surface area contributed by atoms with Gasteiger partial charge in [0, 0.05) is 10.7 Å². The third-order valence-electron chi connectivity index (χ3n) is 1.18. The highest BCUT2D eigenvalue weighted by Gasteiger charge is 1.95. The van der Waals surface area contributed by atoms with Crippen LogP contribution in [0.4, 0.5) is 0 Å². The van der Waals surface area contributed by atoms with Crippen LogP contribution in [0.3, 0.4) is 0 Å². The summed E-state index contributed by atoms with van der Waals surface area (Å²) in [5.41, 5.74) is 1.59. The summed E-state index contributed by atoms with van der Waals surface area (Å²) in [6, 6.07) is 1.88. The molecule has 2 heterocycles. The van der Waals surface area contributed by atoms with Gasteiger partial charge in [-0.15, -0.1) is 0 Å². The van der Waals surface area contributed by atoms with Gasteiger partial charge in [0.05, 0.1) is 0 Å². The largest absolute Gasteiger partial charge is 0.320 e. The molecule has 10 heavy (non-hydrogen) atoms. The van der Waals surface area contributed by atoms with Gasteiger partial charge in [-0.05, 0) is 22.0 Å². The second-order valence-corrected chi connectivity index (χ2v) is 2.79. The lowest BCUT2D eigenvalue weighted by Crippen LogP contribution is -1.74. The second kappa shape index (κ2) is 2.05. The van der Waals surface area contributed by atoms with E-state index in [1.807, 2.05) is 6.07 Å². The highest BCUT2D eigenvalue weighted by Crippen LogP contribution is 2.12. The van der Waals surface area contributed by atoms with Crippen molar-refractivity contribution in [2.45, 2.75) is 0 Å². The van der Waals surface area contributed by atoms with Gasteiger partial charge in [0.25, 0.3) is 0 Å². The molecule has 2 aromatic rings. The molecule has 0 aliphatic rings.